The van der Waals surface area contributed by atoms with Gasteiger partial charge in [0.2, 0.25) is 23.6 Å². The molecule has 2 N–H and O–H groups in total. The van der Waals surface area contributed by atoms with Gasteiger partial charge in [-0.1, -0.05) is 23.3 Å². The van der Waals surface area contributed by atoms with Gasteiger partial charge in [0.1, 0.15) is 23.0 Å². The maximum absolute atomic E-state index is 14.9. The summed E-state index contributed by atoms with van der Waals surface area (Å²) in [5.41, 5.74) is 1.53. The number of fused-ring (bicyclic) bond motifs is 5. The number of amides is 4. The number of nitrogens with one attached hydrogen (secondary N) is 1. The zero-order valence-corrected chi connectivity index (χ0v) is 27.6. The molecular weight excluding hydrogens is 640 g/mol. The molecule has 2 aromatic carbocycles. The minimum absolute atomic E-state index is 0.0479. The average molecular weight is 671 g/mol. The van der Waals surface area contributed by atoms with Crippen LogP contribution in [0.1, 0.15) is 36.8 Å². The van der Waals surface area contributed by atoms with Crippen molar-refractivity contribution >= 4 is 62.5 Å². The topological polar surface area (TPSA) is 131 Å². The largest absolute Gasteiger partial charge is 0.508 e. The molecule has 47 heavy (non-hydrogen) atoms. The molecule has 240 valence electrons. The van der Waals surface area contributed by atoms with Crippen LogP contribution in [-0.4, -0.2) is 45.6 Å². The number of thiophene rings is 1. The molecule has 0 spiro atoms. The van der Waals surface area contributed by atoms with Gasteiger partial charge in [0, 0.05) is 34.3 Å². The number of rotatable bonds is 4. The zero-order valence-electron chi connectivity index (χ0n) is 26.0. The molecule has 4 heterocycles. The Labute approximate surface area is 278 Å². The predicted molar refractivity (Wildman–Crippen MR) is 176 cm³/mol. The lowest BCUT2D eigenvalue weighted by Crippen LogP contribution is -2.48. The lowest BCUT2D eigenvalue weighted by Gasteiger charge is -2.49. The van der Waals surface area contributed by atoms with Crippen LogP contribution in [0.3, 0.4) is 0 Å². The number of aryl methyl sites for hydroxylation is 2. The lowest BCUT2D eigenvalue weighted by atomic mass is 9.51. The lowest BCUT2D eigenvalue weighted by molar-refractivity contribution is -0.131. The van der Waals surface area contributed by atoms with Gasteiger partial charge in [-0.05, 0) is 80.0 Å². The van der Waals surface area contributed by atoms with Gasteiger partial charge in [-0.2, -0.15) is 5.10 Å². The standard InChI is InChI=1S/C35H31ClN4O6S/c1-15-20-11-16(36)5-10-26(20)47-30(15)24-14-27(39(3)38-24)40-33(44)23-13-21-18(7-8-19-28(21)32(43)37-31(19)42)29(35(23,2)34(40)45)22-12-17(46-4)6-9-25(22)41/h5-7,9-12,14,19,21,23,28-29,41H,8,13H2,1-4H3,(H,37,42,43). The summed E-state index contributed by atoms with van der Waals surface area (Å²) in [6, 6.07) is 12.3. The number of carbonyl (C=O) groups is 4. The third-order valence-electron chi connectivity index (χ3n) is 10.9. The Hall–Kier alpha value is -4.48. The first-order valence-electron chi connectivity index (χ1n) is 15.5. The van der Waals surface area contributed by atoms with E-state index in [2.05, 4.69) is 5.32 Å². The van der Waals surface area contributed by atoms with Crippen molar-refractivity contribution < 1.29 is 29.0 Å². The van der Waals surface area contributed by atoms with Crippen LogP contribution in [0.5, 0.6) is 11.5 Å². The van der Waals surface area contributed by atoms with Crippen molar-refractivity contribution in [3.05, 3.63) is 70.3 Å². The first-order valence-corrected chi connectivity index (χ1v) is 16.7. The number of benzene rings is 2. The minimum atomic E-state index is -1.32. The summed E-state index contributed by atoms with van der Waals surface area (Å²) in [4.78, 5) is 57.5. The van der Waals surface area contributed by atoms with E-state index in [1.54, 1.807) is 48.2 Å². The SMILES string of the molecule is COc1ccc(O)c(C2C3=CCC4C(=O)NC(=O)C4C3CC3C(=O)N(c4cc(-c5sc6ccc(Cl)cc6c5C)nn4C)C(=O)C32C)c1. The molecule has 4 aliphatic rings. The Bertz CT molecular complexity index is 2120. The van der Waals surface area contributed by atoms with Crippen LogP contribution in [0.15, 0.2) is 54.1 Å². The smallest absolute Gasteiger partial charge is 0.242 e. The van der Waals surface area contributed by atoms with E-state index in [4.69, 9.17) is 21.4 Å². The van der Waals surface area contributed by atoms with Crippen molar-refractivity contribution in [3.63, 3.8) is 0 Å². The molecule has 2 saturated heterocycles. The van der Waals surface area contributed by atoms with Gasteiger partial charge in [0.15, 0.2) is 0 Å². The monoisotopic (exact) mass is 670 g/mol. The number of methoxy groups -OCH3 is 1. The van der Waals surface area contributed by atoms with Crippen LogP contribution >= 0.6 is 22.9 Å². The molecule has 3 fully saturated rings. The van der Waals surface area contributed by atoms with Gasteiger partial charge in [-0.25, -0.2) is 4.90 Å². The number of carbonyl (C=O) groups excluding carboxylic acids is 4. The van der Waals surface area contributed by atoms with E-state index in [0.29, 0.717) is 34.3 Å². The van der Waals surface area contributed by atoms with Crippen LogP contribution in [0, 0.1) is 36.0 Å². The molecule has 6 unspecified atom stereocenters. The minimum Gasteiger partial charge on any atom is -0.508 e. The van der Waals surface area contributed by atoms with Crippen molar-refractivity contribution in [1.29, 1.82) is 0 Å². The quantitative estimate of drug-likeness (QED) is 0.217. The number of imide groups is 2. The number of hydrogen-bond acceptors (Lipinski definition) is 8. The number of nitrogens with zero attached hydrogens (tertiary/aromatic N) is 3. The second-order valence-corrected chi connectivity index (χ2v) is 14.6. The van der Waals surface area contributed by atoms with Gasteiger partial charge in [0.05, 0.1) is 35.2 Å². The molecule has 8 rings (SSSR count). The molecule has 0 radical (unpaired) electrons. The number of aromatic hydroxyl groups is 1. The predicted octanol–water partition coefficient (Wildman–Crippen LogP) is 5.50. The van der Waals surface area contributed by atoms with E-state index in [0.717, 1.165) is 26.1 Å². The number of allylic oxidation sites excluding steroid dienone is 2. The normalized spacial score (nSPS) is 28.3. The van der Waals surface area contributed by atoms with Crippen molar-refractivity contribution in [1.82, 2.24) is 15.1 Å². The van der Waals surface area contributed by atoms with Crippen LogP contribution < -0.4 is 15.0 Å². The summed E-state index contributed by atoms with van der Waals surface area (Å²) in [5, 5.41) is 20.1. The Morgan fingerprint density at radius 1 is 1.09 bits per heavy atom. The van der Waals surface area contributed by atoms with Crippen LogP contribution in [0.2, 0.25) is 5.02 Å². The zero-order chi connectivity index (χ0) is 33.1. The molecule has 2 aliphatic heterocycles. The molecule has 6 atom stereocenters. The number of hydrogen-bond donors (Lipinski definition) is 2. The third kappa shape index (κ3) is 4.05. The van der Waals surface area contributed by atoms with Crippen LogP contribution in [0.4, 0.5) is 5.82 Å². The van der Waals surface area contributed by atoms with Crippen LogP contribution in [-0.2, 0) is 26.2 Å². The number of halogens is 1. The molecular formula is C35H31ClN4O6S. The molecule has 2 aromatic heterocycles. The fourth-order valence-corrected chi connectivity index (χ4v) is 9.91. The molecule has 12 heteroatoms. The van der Waals surface area contributed by atoms with Crippen molar-refractivity contribution in [2.45, 2.75) is 32.6 Å². The van der Waals surface area contributed by atoms with Gasteiger partial charge < -0.3 is 9.84 Å². The van der Waals surface area contributed by atoms with E-state index in [9.17, 15) is 24.3 Å². The average Bonchev–Trinajstić information content (AvgIpc) is 3.73. The van der Waals surface area contributed by atoms with Crippen molar-refractivity contribution in [3.8, 4) is 22.1 Å². The van der Waals surface area contributed by atoms with Crippen LogP contribution in [0.25, 0.3) is 20.7 Å². The number of anilines is 1. The Kier molecular flexibility index (Phi) is 6.52. The molecule has 4 amide bonds. The highest BCUT2D eigenvalue weighted by atomic mass is 35.5. The molecule has 1 saturated carbocycles. The summed E-state index contributed by atoms with van der Waals surface area (Å²) in [7, 11) is 3.22. The molecule has 10 nitrogen and oxygen atoms in total. The first-order chi connectivity index (χ1) is 22.4. The Balaban J connectivity index is 1.27. The highest BCUT2D eigenvalue weighted by molar-refractivity contribution is 7.22. The number of phenolic OH excluding ortho intramolecular Hbond substituents is 1. The fourth-order valence-electron chi connectivity index (χ4n) is 8.59. The van der Waals surface area contributed by atoms with E-state index in [-0.39, 0.29) is 24.0 Å². The van der Waals surface area contributed by atoms with E-state index >= 15 is 0 Å². The van der Waals surface area contributed by atoms with Gasteiger partial charge in [0.25, 0.3) is 0 Å². The van der Waals surface area contributed by atoms with Crippen molar-refractivity contribution in [2.24, 2.45) is 36.1 Å². The first kappa shape index (κ1) is 29.9. The number of aromatic nitrogens is 2. The number of ether oxygens (including phenoxy) is 1. The summed E-state index contributed by atoms with van der Waals surface area (Å²) in [5.74, 6) is -3.99. The Morgan fingerprint density at radius 3 is 2.64 bits per heavy atom. The summed E-state index contributed by atoms with van der Waals surface area (Å²) >= 11 is 7.84. The van der Waals surface area contributed by atoms with Gasteiger partial charge >= 0.3 is 0 Å². The summed E-state index contributed by atoms with van der Waals surface area (Å²) < 4.78 is 8.09. The maximum Gasteiger partial charge on any atom is 0.242 e. The van der Waals surface area contributed by atoms with E-state index in [1.807, 2.05) is 31.2 Å². The summed E-state index contributed by atoms with van der Waals surface area (Å²) in [6.45, 7) is 3.78. The van der Waals surface area contributed by atoms with E-state index < -0.39 is 46.8 Å². The second-order valence-electron chi connectivity index (χ2n) is 13.1. The Morgan fingerprint density at radius 2 is 1.87 bits per heavy atom. The molecule has 0 bridgehead atoms. The highest BCUT2D eigenvalue weighted by Crippen LogP contribution is 2.64. The van der Waals surface area contributed by atoms with Gasteiger partial charge in [-0.3, -0.25) is 29.2 Å². The van der Waals surface area contributed by atoms with Crippen molar-refractivity contribution in [2.75, 3.05) is 12.0 Å². The molecule has 2 aliphatic carbocycles. The third-order valence-corrected chi connectivity index (χ3v) is 12.4. The summed E-state index contributed by atoms with van der Waals surface area (Å²) in [6.07, 6.45) is 2.48. The second kappa shape index (κ2) is 10.3. The number of phenols is 1. The fraction of sp³-hybridized carbons (Fsp3) is 0.343. The van der Waals surface area contributed by atoms with E-state index in [1.165, 1.54) is 18.1 Å². The maximum atomic E-state index is 14.9. The highest BCUT2D eigenvalue weighted by Gasteiger charge is 2.67. The van der Waals surface area contributed by atoms with Gasteiger partial charge in [-0.15, -0.1) is 11.3 Å². The molecule has 4 aromatic rings.